The Kier molecular flexibility index (Phi) is 6.80. The fourth-order valence-corrected chi connectivity index (χ4v) is 0.974. The van der Waals surface area contributed by atoms with E-state index in [-0.39, 0.29) is 6.29 Å². The van der Waals surface area contributed by atoms with Gasteiger partial charge in [0.2, 0.25) is 0 Å². The van der Waals surface area contributed by atoms with Crippen LogP contribution in [0.3, 0.4) is 0 Å². The number of carbonyl (C=O) groups excluding carboxylic acids is 1. The molecule has 0 heterocycles. The molecule has 0 bridgehead atoms. The van der Waals surface area contributed by atoms with Gasteiger partial charge in [0.1, 0.15) is 24.4 Å². The first-order valence-corrected chi connectivity index (χ1v) is 4.51. The third-order valence-corrected chi connectivity index (χ3v) is 1.89. The summed E-state index contributed by atoms with van der Waals surface area (Å²) in [5.74, 6) is -1.81. The number of aliphatic hydroxyl groups is 5. The molecule has 0 aliphatic heterocycles. The molecule has 0 aromatic rings. The zero-order valence-electron chi connectivity index (χ0n) is 8.58. The maximum Gasteiger partial charge on any atom is 0.360 e. The first-order valence-electron chi connectivity index (χ1n) is 4.51. The highest BCUT2D eigenvalue weighted by Crippen LogP contribution is 2.10. The highest BCUT2D eigenvalue weighted by Gasteiger charge is 2.35. The molecule has 0 radical (unpaired) electrons. The number of ether oxygens (including phenoxy) is 1. The molecular weight excluding hydrogens is 240 g/mol. The molecule has 0 aliphatic carbocycles. The highest BCUT2D eigenvalue weighted by molar-refractivity contribution is 5.70. The number of aliphatic hydroxyl groups excluding tert-OH is 5. The van der Waals surface area contributed by atoms with E-state index in [2.05, 4.69) is 4.74 Å². The Bertz CT molecular complexity index is 255. The van der Waals surface area contributed by atoms with Gasteiger partial charge >= 0.3 is 5.97 Å². The topological polar surface area (TPSA) is 165 Å². The van der Waals surface area contributed by atoms with Gasteiger partial charge in [-0.15, -0.1) is 0 Å². The largest absolute Gasteiger partial charge is 0.477 e. The minimum Gasteiger partial charge on any atom is -0.477 e. The molecule has 5 atom stereocenters. The number of hydrogen-bond donors (Lipinski definition) is 6. The van der Waals surface area contributed by atoms with Crippen LogP contribution >= 0.6 is 0 Å². The van der Waals surface area contributed by atoms with Gasteiger partial charge in [0.25, 0.3) is 6.29 Å². The summed E-state index contributed by atoms with van der Waals surface area (Å²) in [4.78, 5) is 20.6. The van der Waals surface area contributed by atoms with Gasteiger partial charge in [-0.3, -0.25) is 0 Å². The van der Waals surface area contributed by atoms with E-state index in [9.17, 15) is 14.7 Å². The van der Waals surface area contributed by atoms with Crippen molar-refractivity contribution in [2.24, 2.45) is 0 Å². The second kappa shape index (κ2) is 7.27. The van der Waals surface area contributed by atoms with Crippen LogP contribution < -0.4 is 0 Å². The summed E-state index contributed by atoms with van der Waals surface area (Å²) in [7, 11) is 0. The molecule has 0 saturated carbocycles. The summed E-state index contributed by atoms with van der Waals surface area (Å²) in [6.45, 7) is -0.907. The lowest BCUT2D eigenvalue weighted by Crippen LogP contribution is -2.50. The van der Waals surface area contributed by atoms with Crippen LogP contribution in [-0.2, 0) is 14.3 Å². The van der Waals surface area contributed by atoms with E-state index < -0.39 is 43.3 Å². The van der Waals surface area contributed by atoms with E-state index in [1.165, 1.54) is 0 Å². The molecule has 0 fully saturated rings. The van der Waals surface area contributed by atoms with Crippen LogP contribution in [0.1, 0.15) is 0 Å². The maximum absolute atomic E-state index is 10.3. The van der Waals surface area contributed by atoms with Crippen LogP contribution in [0.2, 0.25) is 0 Å². The Morgan fingerprint density at radius 1 is 1.24 bits per heavy atom. The summed E-state index contributed by atoms with van der Waals surface area (Å²) in [5.41, 5.74) is 0. The quantitative estimate of drug-likeness (QED) is 0.187. The fraction of sp³-hybridized carbons (Fsp3) is 0.750. The van der Waals surface area contributed by atoms with Gasteiger partial charge in [0.05, 0.1) is 6.61 Å². The van der Waals surface area contributed by atoms with Crippen LogP contribution in [-0.4, -0.2) is 80.2 Å². The summed E-state index contributed by atoms with van der Waals surface area (Å²) in [6.07, 6.45) is -10.0. The van der Waals surface area contributed by atoms with Crippen molar-refractivity contribution in [1.29, 1.82) is 0 Å². The van der Waals surface area contributed by atoms with Gasteiger partial charge in [-0.1, -0.05) is 0 Å². The second-order valence-corrected chi connectivity index (χ2v) is 3.16. The SMILES string of the molecule is O=C[C@H](O)[C@@H](OC(O)C(=O)O)[C@H](O)[C@H](O)CO. The zero-order valence-corrected chi connectivity index (χ0v) is 8.58. The van der Waals surface area contributed by atoms with E-state index in [0.717, 1.165) is 0 Å². The van der Waals surface area contributed by atoms with Crippen LogP contribution in [0.15, 0.2) is 0 Å². The number of aldehydes is 1. The normalized spacial score (nSPS) is 20.1. The highest BCUT2D eigenvalue weighted by atomic mass is 16.6. The average Bonchev–Trinajstić information content (AvgIpc) is 2.32. The van der Waals surface area contributed by atoms with Crippen molar-refractivity contribution >= 4 is 12.3 Å². The predicted molar refractivity (Wildman–Crippen MR) is 49.7 cm³/mol. The molecule has 0 amide bonds. The minimum atomic E-state index is -2.39. The van der Waals surface area contributed by atoms with Gasteiger partial charge in [-0.05, 0) is 0 Å². The molecule has 0 rings (SSSR count). The Morgan fingerprint density at radius 2 is 1.76 bits per heavy atom. The van der Waals surface area contributed by atoms with E-state index >= 15 is 0 Å². The number of carbonyl (C=O) groups is 2. The van der Waals surface area contributed by atoms with Crippen molar-refractivity contribution in [3.8, 4) is 0 Å². The summed E-state index contributed by atoms with van der Waals surface area (Å²) >= 11 is 0. The van der Waals surface area contributed by atoms with Crippen molar-refractivity contribution in [3.63, 3.8) is 0 Å². The van der Waals surface area contributed by atoms with Crippen molar-refractivity contribution in [1.82, 2.24) is 0 Å². The lowest BCUT2D eigenvalue weighted by atomic mass is 10.0. The van der Waals surface area contributed by atoms with Crippen LogP contribution in [0.4, 0.5) is 0 Å². The number of carboxylic acid groups (broad SMARTS) is 1. The fourth-order valence-electron chi connectivity index (χ4n) is 0.974. The standard InChI is InChI=1S/C8H14O9/c9-1-3(11)5(13)6(4(12)2-10)17-8(16)7(14)15/h2-6,8-9,11-13,16H,1H2,(H,14,15)/t3-,4+,5-,6-,8?/m1/s1. The third kappa shape index (κ3) is 4.73. The molecule has 0 aromatic heterocycles. The van der Waals surface area contributed by atoms with Crippen LogP contribution in [0, 0.1) is 0 Å². The molecular formula is C8H14O9. The average molecular weight is 254 g/mol. The van der Waals surface area contributed by atoms with Crippen molar-refractivity contribution in [3.05, 3.63) is 0 Å². The predicted octanol–water partition coefficient (Wildman–Crippen LogP) is -3.95. The summed E-state index contributed by atoms with van der Waals surface area (Å²) in [5, 5.41) is 53.2. The van der Waals surface area contributed by atoms with Gasteiger partial charge in [0, 0.05) is 0 Å². The Hall–Kier alpha value is -1.10. The van der Waals surface area contributed by atoms with Crippen molar-refractivity contribution < 1.29 is 45.0 Å². The lowest BCUT2D eigenvalue weighted by Gasteiger charge is -2.28. The second-order valence-electron chi connectivity index (χ2n) is 3.16. The maximum atomic E-state index is 10.3. The molecule has 17 heavy (non-hydrogen) atoms. The third-order valence-electron chi connectivity index (χ3n) is 1.89. The van der Waals surface area contributed by atoms with Gasteiger partial charge < -0.3 is 40.2 Å². The molecule has 1 unspecified atom stereocenters. The first-order chi connectivity index (χ1) is 7.84. The molecule has 9 nitrogen and oxygen atoms in total. The van der Waals surface area contributed by atoms with Gasteiger partial charge in [-0.2, -0.15) is 0 Å². The molecule has 0 saturated heterocycles. The Labute approximate surface area is 95.5 Å². The Morgan fingerprint density at radius 3 is 2.12 bits per heavy atom. The molecule has 0 spiro atoms. The van der Waals surface area contributed by atoms with Crippen molar-refractivity contribution in [2.45, 2.75) is 30.7 Å². The molecule has 9 heteroatoms. The van der Waals surface area contributed by atoms with E-state index in [0.29, 0.717) is 0 Å². The molecule has 0 aromatic carbocycles. The first kappa shape index (κ1) is 15.9. The molecule has 100 valence electrons. The zero-order chi connectivity index (χ0) is 13.6. The minimum absolute atomic E-state index is 0.0768. The smallest absolute Gasteiger partial charge is 0.360 e. The molecule has 6 N–H and O–H groups in total. The van der Waals surface area contributed by atoms with Gasteiger partial charge in [0.15, 0.2) is 6.29 Å². The van der Waals surface area contributed by atoms with E-state index in [1.54, 1.807) is 0 Å². The lowest BCUT2D eigenvalue weighted by molar-refractivity contribution is -0.218. The summed E-state index contributed by atoms with van der Waals surface area (Å²) in [6, 6.07) is 0. The number of carboxylic acids is 1. The number of hydrogen-bond acceptors (Lipinski definition) is 8. The van der Waals surface area contributed by atoms with E-state index in [1.807, 2.05) is 0 Å². The Balaban J connectivity index is 4.75. The van der Waals surface area contributed by atoms with Crippen molar-refractivity contribution in [2.75, 3.05) is 6.61 Å². The van der Waals surface area contributed by atoms with Gasteiger partial charge in [-0.25, -0.2) is 4.79 Å². The van der Waals surface area contributed by atoms with Crippen LogP contribution in [0.25, 0.3) is 0 Å². The van der Waals surface area contributed by atoms with E-state index in [4.69, 9.17) is 25.5 Å². The summed E-state index contributed by atoms with van der Waals surface area (Å²) < 4.78 is 4.30. The van der Waals surface area contributed by atoms with Crippen LogP contribution in [0.5, 0.6) is 0 Å². The number of aliphatic carboxylic acids is 1. The number of rotatable bonds is 8. The molecule has 0 aliphatic rings. The monoisotopic (exact) mass is 254 g/mol.